The topological polar surface area (TPSA) is 135 Å². The Morgan fingerprint density at radius 2 is 2.20 bits per heavy atom. The Morgan fingerprint density at radius 1 is 1.47 bits per heavy atom. The number of halogens is 2. The van der Waals surface area contributed by atoms with Gasteiger partial charge in [0.05, 0.1) is 12.7 Å². The van der Waals surface area contributed by atoms with Crippen LogP contribution in [0.15, 0.2) is 6.33 Å². The van der Waals surface area contributed by atoms with Crippen LogP contribution in [0.4, 0.5) is 14.7 Å². The first-order valence-corrected chi connectivity index (χ1v) is 10.8. The maximum atomic E-state index is 15.9. The van der Waals surface area contributed by atoms with Gasteiger partial charge in [-0.3, -0.25) is 18.6 Å². The number of aromatic nitrogens is 4. The van der Waals surface area contributed by atoms with E-state index in [2.05, 4.69) is 15.0 Å². The summed E-state index contributed by atoms with van der Waals surface area (Å²) in [6, 6.07) is 0. The fraction of sp³-hybridized carbons (Fsp3) is 0.688. The second kappa shape index (κ2) is 7.06. The van der Waals surface area contributed by atoms with E-state index in [9.17, 15) is 4.57 Å². The number of hydrogen-bond donors (Lipinski definition) is 2. The minimum atomic E-state index is -4.18. The van der Waals surface area contributed by atoms with Gasteiger partial charge in [-0.15, -0.1) is 0 Å². The number of nitrogen functional groups attached to an aromatic ring is 1. The van der Waals surface area contributed by atoms with Gasteiger partial charge in [-0.05, 0) is 27.7 Å². The highest BCUT2D eigenvalue weighted by atomic mass is 31.2. The summed E-state index contributed by atoms with van der Waals surface area (Å²) in [5, 5.41) is 0. The third-order valence-electron chi connectivity index (χ3n) is 4.69. The van der Waals surface area contributed by atoms with Gasteiger partial charge in [0.2, 0.25) is 11.7 Å². The SMILES string of the molecule is CCOc1nc(N)nc2c1[nH]c[n+]2C1OC2(F)COP(=O)(OC(C)C)OC2C1(C)F. The number of nitrogens with two attached hydrogens (primary N) is 1. The zero-order valence-electron chi connectivity index (χ0n) is 16.8. The minimum absolute atomic E-state index is 0.125. The molecule has 14 heteroatoms. The van der Waals surface area contributed by atoms with Gasteiger partial charge in [-0.1, -0.05) is 4.98 Å². The van der Waals surface area contributed by atoms with Crippen molar-refractivity contribution in [2.24, 2.45) is 0 Å². The van der Waals surface area contributed by atoms with Crippen LogP contribution < -0.4 is 15.0 Å². The van der Waals surface area contributed by atoms with Crippen LogP contribution in [0.5, 0.6) is 5.88 Å². The monoisotopic (exact) mass is 450 g/mol. The number of phosphoric ester groups is 1. The standard InChI is InChI=1S/C16H22F2N5O6P/c1-5-25-11-9-10(21-14(19)22-11)23(7-20-9)13-15(4,17)12-16(18,27-13)6-26-30(24,29-12)28-8(2)3/h7-8,12-13H,5-6H2,1-4H3,(H2,19,21,22)/p+1. The summed E-state index contributed by atoms with van der Waals surface area (Å²) in [4.78, 5) is 10.9. The molecule has 166 valence electrons. The lowest BCUT2D eigenvalue weighted by molar-refractivity contribution is -0.752. The van der Waals surface area contributed by atoms with Gasteiger partial charge in [0.25, 0.3) is 11.7 Å². The highest BCUT2D eigenvalue weighted by Crippen LogP contribution is 2.62. The second-order valence-corrected chi connectivity index (χ2v) is 9.04. The molecule has 0 spiro atoms. The number of nitrogens with one attached hydrogen (secondary N) is 1. The van der Waals surface area contributed by atoms with Gasteiger partial charge in [0, 0.05) is 0 Å². The number of H-pyrrole nitrogens is 1. The van der Waals surface area contributed by atoms with E-state index in [0.29, 0.717) is 12.1 Å². The Bertz CT molecular complexity index is 1020. The van der Waals surface area contributed by atoms with Gasteiger partial charge in [-0.2, -0.15) is 4.98 Å². The molecule has 2 aromatic rings. The quantitative estimate of drug-likeness (QED) is 0.519. The van der Waals surface area contributed by atoms with Crippen molar-refractivity contribution in [3.8, 4) is 5.88 Å². The Kier molecular flexibility index (Phi) is 5.02. The molecule has 0 amide bonds. The van der Waals surface area contributed by atoms with Crippen molar-refractivity contribution in [2.75, 3.05) is 18.9 Å². The van der Waals surface area contributed by atoms with E-state index in [1.807, 2.05) is 0 Å². The van der Waals surface area contributed by atoms with E-state index in [1.54, 1.807) is 20.8 Å². The molecule has 3 N–H and O–H groups in total. The molecule has 0 radical (unpaired) electrons. The Hall–Kier alpha value is -1.92. The fourth-order valence-corrected chi connectivity index (χ4v) is 5.19. The molecule has 4 heterocycles. The minimum Gasteiger partial charge on any atom is -0.475 e. The van der Waals surface area contributed by atoms with Gasteiger partial charge in [0.1, 0.15) is 6.61 Å². The molecule has 4 rings (SSSR count). The van der Waals surface area contributed by atoms with E-state index in [0.717, 1.165) is 6.92 Å². The molecule has 2 saturated heterocycles. The normalized spacial score (nSPS) is 36.4. The molecule has 2 aromatic heterocycles. The predicted molar refractivity (Wildman–Crippen MR) is 97.8 cm³/mol. The summed E-state index contributed by atoms with van der Waals surface area (Å²) in [6.45, 7) is 5.49. The third kappa shape index (κ3) is 3.34. The zero-order chi connectivity index (χ0) is 21.9. The second-order valence-electron chi connectivity index (χ2n) is 7.47. The van der Waals surface area contributed by atoms with Crippen molar-refractivity contribution in [1.82, 2.24) is 15.0 Å². The molecule has 30 heavy (non-hydrogen) atoms. The van der Waals surface area contributed by atoms with Crippen LogP contribution in [0.1, 0.15) is 33.9 Å². The van der Waals surface area contributed by atoms with Crippen molar-refractivity contribution in [3.63, 3.8) is 0 Å². The van der Waals surface area contributed by atoms with Crippen LogP contribution in [-0.2, 0) is 22.9 Å². The van der Waals surface area contributed by atoms with Crippen LogP contribution in [0, 0.1) is 0 Å². The summed E-state index contributed by atoms with van der Waals surface area (Å²) in [6.07, 6.45) is -2.66. The summed E-state index contributed by atoms with van der Waals surface area (Å²) in [5.74, 6) is -2.68. The number of phosphoric acid groups is 1. The molecular weight excluding hydrogens is 427 g/mol. The number of nitrogens with zero attached hydrogens (tertiary/aromatic N) is 3. The van der Waals surface area contributed by atoms with Crippen LogP contribution >= 0.6 is 7.82 Å². The molecule has 5 atom stereocenters. The van der Waals surface area contributed by atoms with E-state index in [1.165, 1.54) is 10.9 Å². The van der Waals surface area contributed by atoms with E-state index >= 15 is 8.78 Å². The van der Waals surface area contributed by atoms with Gasteiger partial charge in [-0.25, -0.2) is 17.9 Å². The Balaban J connectivity index is 1.74. The van der Waals surface area contributed by atoms with Crippen molar-refractivity contribution in [2.45, 2.75) is 57.7 Å². The average molecular weight is 450 g/mol. The number of imidazole rings is 1. The molecule has 0 aromatic carbocycles. The third-order valence-corrected chi connectivity index (χ3v) is 6.28. The Labute approximate surface area is 170 Å². The van der Waals surface area contributed by atoms with Crippen LogP contribution in [-0.4, -0.2) is 51.9 Å². The average Bonchev–Trinajstić information content (AvgIpc) is 3.13. The van der Waals surface area contributed by atoms with Crippen molar-refractivity contribution >= 4 is 24.9 Å². The maximum Gasteiger partial charge on any atom is 0.475 e. The number of anilines is 1. The zero-order valence-corrected chi connectivity index (χ0v) is 17.7. The fourth-order valence-electron chi connectivity index (χ4n) is 3.55. The van der Waals surface area contributed by atoms with Crippen LogP contribution in [0.25, 0.3) is 11.2 Å². The first-order chi connectivity index (χ1) is 14.0. The Morgan fingerprint density at radius 3 is 2.87 bits per heavy atom. The molecule has 2 fully saturated rings. The lowest BCUT2D eigenvalue weighted by Crippen LogP contribution is -2.53. The smallest absolute Gasteiger partial charge is 0.475 e. The summed E-state index contributed by atoms with van der Waals surface area (Å²) >= 11 is 0. The van der Waals surface area contributed by atoms with E-state index in [4.69, 9.17) is 28.8 Å². The number of hydrogen-bond acceptors (Lipinski definition) is 9. The van der Waals surface area contributed by atoms with E-state index in [-0.39, 0.29) is 17.5 Å². The number of rotatable bonds is 5. The summed E-state index contributed by atoms with van der Waals surface area (Å²) in [7, 11) is -4.18. The number of aromatic amines is 1. The molecule has 0 saturated carbocycles. The number of ether oxygens (including phenoxy) is 2. The van der Waals surface area contributed by atoms with Gasteiger partial charge >= 0.3 is 19.4 Å². The number of alkyl halides is 2. The lowest BCUT2D eigenvalue weighted by atomic mass is 9.97. The van der Waals surface area contributed by atoms with Crippen molar-refractivity contribution in [1.29, 1.82) is 0 Å². The van der Waals surface area contributed by atoms with Gasteiger partial charge < -0.3 is 15.2 Å². The highest BCUT2D eigenvalue weighted by Gasteiger charge is 2.71. The molecular formula is C16H23F2N5O6P+. The molecule has 0 aliphatic carbocycles. The molecule has 0 bridgehead atoms. The largest absolute Gasteiger partial charge is 0.475 e. The lowest BCUT2D eigenvalue weighted by Gasteiger charge is -2.36. The molecule has 11 nitrogen and oxygen atoms in total. The summed E-state index contributed by atoms with van der Waals surface area (Å²) in [5.41, 5.74) is 3.70. The molecule has 2 aliphatic rings. The van der Waals surface area contributed by atoms with E-state index < -0.39 is 44.4 Å². The molecule has 2 aliphatic heterocycles. The van der Waals surface area contributed by atoms with Crippen LogP contribution in [0.3, 0.4) is 0 Å². The first kappa shape index (κ1) is 21.3. The van der Waals surface area contributed by atoms with Crippen molar-refractivity contribution < 1.29 is 41.0 Å². The van der Waals surface area contributed by atoms with Gasteiger partial charge in [0.15, 0.2) is 18.1 Å². The maximum absolute atomic E-state index is 15.9. The van der Waals surface area contributed by atoms with Crippen molar-refractivity contribution in [3.05, 3.63) is 6.33 Å². The first-order valence-electron chi connectivity index (χ1n) is 9.34. The predicted octanol–water partition coefficient (Wildman–Crippen LogP) is 2.10. The summed E-state index contributed by atoms with van der Waals surface area (Å²) < 4.78 is 71.4. The number of fused-ring (bicyclic) bond motifs is 2. The molecule has 5 unspecified atom stereocenters. The highest BCUT2D eigenvalue weighted by molar-refractivity contribution is 7.48. The van der Waals surface area contributed by atoms with Crippen LogP contribution in [0.2, 0.25) is 0 Å².